The van der Waals surface area contributed by atoms with Crippen LogP contribution in [0.5, 0.6) is 0 Å². The number of nitrogens with zero attached hydrogens (tertiary/aromatic N) is 4. The molecule has 0 spiro atoms. The van der Waals surface area contributed by atoms with Crippen molar-refractivity contribution in [3.8, 4) is 6.07 Å². The Bertz CT molecular complexity index is 589. The lowest BCUT2D eigenvalue weighted by molar-refractivity contribution is 0.314. The highest BCUT2D eigenvalue weighted by atomic mass is 35.5. The summed E-state index contributed by atoms with van der Waals surface area (Å²) in [6.45, 7) is 1.43. The molecule has 4 nitrogen and oxygen atoms in total. The van der Waals surface area contributed by atoms with Crippen LogP contribution < -0.4 is 0 Å². The summed E-state index contributed by atoms with van der Waals surface area (Å²) in [5.74, 6) is 0. The Labute approximate surface area is 117 Å². The number of rotatable bonds is 4. The molecule has 1 aromatic heterocycles. The second-order valence-electron chi connectivity index (χ2n) is 4.33. The molecule has 2 aromatic rings. The molecule has 0 aliphatic heterocycles. The first-order chi connectivity index (χ1) is 9.17. The number of halogens is 1. The maximum absolute atomic E-state index is 8.86. The van der Waals surface area contributed by atoms with Gasteiger partial charge < -0.3 is 0 Å². The van der Waals surface area contributed by atoms with Crippen LogP contribution in [-0.2, 0) is 13.1 Å². The van der Waals surface area contributed by atoms with Crippen molar-refractivity contribution in [1.29, 1.82) is 5.26 Å². The predicted molar refractivity (Wildman–Crippen MR) is 73.4 cm³/mol. The maximum atomic E-state index is 8.86. The Balaban J connectivity index is 1.99. The van der Waals surface area contributed by atoms with E-state index < -0.39 is 0 Å². The Morgan fingerprint density at radius 1 is 1.21 bits per heavy atom. The molecular formula is C14H13ClN4. The first kappa shape index (κ1) is 13.5. The zero-order valence-electron chi connectivity index (χ0n) is 10.5. The van der Waals surface area contributed by atoms with Crippen LogP contribution in [0.1, 0.15) is 16.8 Å². The van der Waals surface area contributed by atoms with Gasteiger partial charge in [-0.2, -0.15) is 10.4 Å². The normalized spacial score (nSPS) is 10.4. The summed E-state index contributed by atoms with van der Waals surface area (Å²) in [6.07, 6.45) is 0. The summed E-state index contributed by atoms with van der Waals surface area (Å²) in [7, 11) is 2.00. The van der Waals surface area contributed by atoms with Crippen LogP contribution in [0.15, 0.2) is 36.4 Å². The van der Waals surface area contributed by atoms with Crippen molar-refractivity contribution in [2.24, 2.45) is 0 Å². The first-order valence-electron chi connectivity index (χ1n) is 5.83. The van der Waals surface area contributed by atoms with Gasteiger partial charge in [0.05, 0.1) is 17.3 Å². The first-order valence-corrected chi connectivity index (χ1v) is 6.21. The minimum Gasteiger partial charge on any atom is -0.296 e. The van der Waals surface area contributed by atoms with E-state index in [2.05, 4.69) is 21.2 Å². The molecule has 0 bridgehead atoms. The second kappa shape index (κ2) is 6.28. The lowest BCUT2D eigenvalue weighted by Gasteiger charge is -2.15. The molecule has 1 aromatic carbocycles. The van der Waals surface area contributed by atoms with Gasteiger partial charge in [-0.15, -0.1) is 5.10 Å². The average molecular weight is 273 g/mol. The van der Waals surface area contributed by atoms with Gasteiger partial charge >= 0.3 is 0 Å². The summed E-state index contributed by atoms with van der Waals surface area (Å²) in [5, 5.41) is 17.1. The Kier molecular flexibility index (Phi) is 4.45. The van der Waals surface area contributed by atoms with Crippen LogP contribution >= 0.6 is 11.6 Å². The summed E-state index contributed by atoms with van der Waals surface area (Å²) >= 11 is 5.69. The molecule has 96 valence electrons. The van der Waals surface area contributed by atoms with Crippen molar-refractivity contribution in [1.82, 2.24) is 15.1 Å². The number of nitriles is 1. The molecule has 0 amide bonds. The van der Waals surface area contributed by atoms with E-state index in [-0.39, 0.29) is 0 Å². The van der Waals surface area contributed by atoms with E-state index in [0.717, 1.165) is 17.8 Å². The van der Waals surface area contributed by atoms with E-state index in [1.165, 1.54) is 0 Å². The van der Waals surface area contributed by atoms with Gasteiger partial charge in [0.25, 0.3) is 0 Å². The van der Waals surface area contributed by atoms with Crippen molar-refractivity contribution in [3.05, 3.63) is 58.4 Å². The topological polar surface area (TPSA) is 52.8 Å². The third-order valence-electron chi connectivity index (χ3n) is 2.63. The van der Waals surface area contributed by atoms with E-state index in [1.54, 1.807) is 12.1 Å². The second-order valence-corrected chi connectivity index (χ2v) is 4.72. The molecule has 0 aliphatic carbocycles. The van der Waals surface area contributed by atoms with Crippen LogP contribution in [0.3, 0.4) is 0 Å². The molecule has 0 N–H and O–H groups in total. The Morgan fingerprint density at radius 3 is 2.74 bits per heavy atom. The van der Waals surface area contributed by atoms with Gasteiger partial charge in [-0.25, -0.2) is 0 Å². The minimum absolute atomic E-state index is 0.396. The fraction of sp³-hybridized carbons (Fsp3) is 0.214. The molecule has 1 heterocycles. The lowest BCUT2D eigenvalue weighted by Crippen LogP contribution is -2.18. The SMILES string of the molecule is CN(Cc1cccc(C#N)c1)Cc1ccc(Cl)nn1. The van der Waals surface area contributed by atoms with Crippen molar-refractivity contribution in [2.75, 3.05) is 7.05 Å². The van der Waals surface area contributed by atoms with Gasteiger partial charge in [0.2, 0.25) is 0 Å². The fourth-order valence-corrected chi connectivity index (χ4v) is 1.91. The van der Waals surface area contributed by atoms with Crippen LogP contribution in [0.25, 0.3) is 0 Å². The van der Waals surface area contributed by atoms with Crippen LogP contribution in [0, 0.1) is 11.3 Å². The Hall–Kier alpha value is -1.96. The quantitative estimate of drug-likeness (QED) is 0.859. The van der Waals surface area contributed by atoms with Crippen LogP contribution in [0.4, 0.5) is 0 Å². The maximum Gasteiger partial charge on any atom is 0.151 e. The zero-order valence-corrected chi connectivity index (χ0v) is 11.3. The van der Waals surface area contributed by atoms with E-state index in [1.807, 2.05) is 31.3 Å². The highest BCUT2D eigenvalue weighted by Crippen LogP contribution is 2.09. The third kappa shape index (κ3) is 4.02. The van der Waals surface area contributed by atoms with E-state index in [0.29, 0.717) is 17.3 Å². The smallest absolute Gasteiger partial charge is 0.151 e. The fourth-order valence-electron chi connectivity index (χ4n) is 1.81. The van der Waals surface area contributed by atoms with Gasteiger partial charge in [0.15, 0.2) is 5.15 Å². The summed E-state index contributed by atoms with van der Waals surface area (Å²) in [6, 6.07) is 13.3. The molecule has 0 saturated heterocycles. The zero-order chi connectivity index (χ0) is 13.7. The summed E-state index contributed by atoms with van der Waals surface area (Å²) in [4.78, 5) is 2.11. The molecule has 2 rings (SSSR count). The molecule has 0 unspecified atom stereocenters. The van der Waals surface area contributed by atoms with Gasteiger partial charge in [-0.05, 0) is 36.9 Å². The van der Waals surface area contributed by atoms with E-state index in [9.17, 15) is 0 Å². The largest absolute Gasteiger partial charge is 0.296 e. The standard InChI is InChI=1S/C14H13ClN4/c1-19(10-13-5-6-14(15)18-17-13)9-12-4-2-3-11(7-12)8-16/h2-7H,9-10H2,1H3. The monoisotopic (exact) mass is 272 g/mol. The average Bonchev–Trinajstić information content (AvgIpc) is 2.41. The number of aromatic nitrogens is 2. The van der Waals surface area contributed by atoms with E-state index >= 15 is 0 Å². The van der Waals surface area contributed by atoms with Crippen LogP contribution in [0.2, 0.25) is 5.15 Å². The molecular weight excluding hydrogens is 260 g/mol. The van der Waals surface area contributed by atoms with Crippen molar-refractivity contribution in [2.45, 2.75) is 13.1 Å². The third-order valence-corrected chi connectivity index (χ3v) is 2.83. The van der Waals surface area contributed by atoms with Gasteiger partial charge in [-0.3, -0.25) is 4.90 Å². The number of hydrogen-bond acceptors (Lipinski definition) is 4. The molecule has 0 atom stereocenters. The van der Waals surface area contributed by atoms with E-state index in [4.69, 9.17) is 16.9 Å². The minimum atomic E-state index is 0.396. The van der Waals surface area contributed by atoms with Crippen LogP contribution in [-0.4, -0.2) is 22.1 Å². The van der Waals surface area contributed by atoms with Crippen molar-refractivity contribution < 1.29 is 0 Å². The molecule has 5 heteroatoms. The molecule has 0 fully saturated rings. The summed E-state index contributed by atoms with van der Waals surface area (Å²) in [5.41, 5.74) is 2.64. The van der Waals surface area contributed by atoms with Gasteiger partial charge in [0.1, 0.15) is 0 Å². The summed E-state index contributed by atoms with van der Waals surface area (Å²) < 4.78 is 0. The Morgan fingerprint density at radius 2 is 2.05 bits per heavy atom. The number of hydrogen-bond donors (Lipinski definition) is 0. The number of benzene rings is 1. The highest BCUT2D eigenvalue weighted by Gasteiger charge is 2.04. The highest BCUT2D eigenvalue weighted by molar-refractivity contribution is 6.29. The molecule has 0 aliphatic rings. The van der Waals surface area contributed by atoms with Gasteiger partial charge in [-0.1, -0.05) is 23.7 Å². The molecule has 0 saturated carbocycles. The predicted octanol–water partition coefficient (Wildman–Crippen LogP) is 2.63. The van der Waals surface area contributed by atoms with Crippen molar-refractivity contribution >= 4 is 11.6 Å². The lowest BCUT2D eigenvalue weighted by atomic mass is 10.1. The van der Waals surface area contributed by atoms with Gasteiger partial charge in [0, 0.05) is 13.1 Å². The molecule has 0 radical (unpaired) electrons. The molecule has 19 heavy (non-hydrogen) atoms. The van der Waals surface area contributed by atoms with Crippen molar-refractivity contribution in [3.63, 3.8) is 0 Å².